The Morgan fingerprint density at radius 3 is 1.90 bits per heavy atom. The molecule has 3 aromatic carbocycles. The molecule has 0 saturated heterocycles. The Balaban J connectivity index is 2.44. The van der Waals surface area contributed by atoms with Crippen molar-refractivity contribution < 1.29 is 0 Å². The Labute approximate surface area is 118 Å². The third kappa shape index (κ3) is 2.01. The molecule has 3 aromatic rings. The first-order valence-electron chi connectivity index (χ1n) is 6.78. The summed E-state index contributed by atoms with van der Waals surface area (Å²) in [5.74, 6) is 0. The Hall–Kier alpha value is -2.42. The van der Waals surface area contributed by atoms with E-state index in [1.165, 1.54) is 0 Å². The van der Waals surface area contributed by atoms with E-state index < -0.39 is 0 Å². The Morgan fingerprint density at radius 1 is 0.800 bits per heavy atom. The number of anilines is 1. The minimum absolute atomic E-state index is 0.152. The van der Waals surface area contributed by atoms with Crippen LogP contribution in [0, 0.1) is 0 Å². The second-order valence-corrected chi connectivity index (χ2v) is 5.16. The molecule has 0 aliphatic rings. The molecule has 0 fully saturated rings. The molecule has 2 N–H and O–H groups in total. The van der Waals surface area contributed by atoms with Gasteiger partial charge >= 0.3 is 0 Å². The lowest BCUT2D eigenvalue weighted by atomic mass is 9.99. The molecule has 0 aliphatic carbocycles. The van der Waals surface area contributed by atoms with Crippen molar-refractivity contribution in [1.82, 2.24) is 0 Å². The first-order valence-corrected chi connectivity index (χ1v) is 6.78. The van der Waals surface area contributed by atoms with Crippen LogP contribution in [0.15, 0.2) is 58.8 Å². The van der Waals surface area contributed by atoms with Crippen LogP contribution in [0.3, 0.4) is 0 Å². The molecule has 20 heavy (non-hydrogen) atoms. The van der Waals surface area contributed by atoms with Crippen molar-refractivity contribution in [3.8, 4) is 0 Å². The number of nitrogen functional groups attached to an aromatic ring is 1. The molecule has 3 rings (SSSR count). The number of azo groups is 1. The molecule has 0 saturated carbocycles. The highest BCUT2D eigenvalue weighted by molar-refractivity contribution is 6.18. The second kappa shape index (κ2) is 4.93. The maximum absolute atomic E-state index is 6.32. The van der Waals surface area contributed by atoms with Gasteiger partial charge in [0.2, 0.25) is 0 Å². The van der Waals surface area contributed by atoms with Crippen LogP contribution < -0.4 is 5.73 Å². The molecule has 3 nitrogen and oxygen atoms in total. The van der Waals surface area contributed by atoms with Gasteiger partial charge in [-0.15, -0.1) is 0 Å². The van der Waals surface area contributed by atoms with E-state index in [2.05, 4.69) is 22.4 Å². The predicted molar refractivity (Wildman–Crippen MR) is 85.5 cm³/mol. The van der Waals surface area contributed by atoms with Crippen molar-refractivity contribution in [3.63, 3.8) is 0 Å². The molecule has 0 atom stereocenters. The number of rotatable bonds is 2. The minimum Gasteiger partial charge on any atom is -0.396 e. The maximum atomic E-state index is 6.32. The van der Waals surface area contributed by atoms with Crippen molar-refractivity contribution >= 4 is 32.9 Å². The number of fused-ring (bicyclic) bond motifs is 3. The average molecular weight is 263 g/mol. The standard InChI is InChI=1S/C17H17N3/c1-11(2)19-20-17-15-10-6-4-8-13(15)12-7-3-5-9-14(12)16(17)18/h3-11H,18H2,1-2H3. The van der Waals surface area contributed by atoms with Gasteiger partial charge in [0.1, 0.15) is 5.69 Å². The largest absolute Gasteiger partial charge is 0.396 e. The molecular formula is C17H17N3. The normalized spacial score (nSPS) is 11.9. The number of nitrogens with zero attached hydrogens (tertiary/aromatic N) is 2. The van der Waals surface area contributed by atoms with Crippen LogP contribution in [0.5, 0.6) is 0 Å². The summed E-state index contributed by atoms with van der Waals surface area (Å²) >= 11 is 0. The fourth-order valence-corrected chi connectivity index (χ4v) is 2.43. The third-order valence-electron chi connectivity index (χ3n) is 3.33. The highest BCUT2D eigenvalue weighted by Crippen LogP contribution is 2.40. The Kier molecular flexibility index (Phi) is 3.11. The number of nitrogens with two attached hydrogens (primary N) is 1. The molecule has 100 valence electrons. The van der Waals surface area contributed by atoms with Crippen LogP contribution in [0.4, 0.5) is 11.4 Å². The van der Waals surface area contributed by atoms with Crippen LogP contribution in [0.2, 0.25) is 0 Å². The summed E-state index contributed by atoms with van der Waals surface area (Å²) in [6.45, 7) is 4.01. The van der Waals surface area contributed by atoms with Gasteiger partial charge in [-0.25, -0.2) is 0 Å². The topological polar surface area (TPSA) is 50.7 Å². The van der Waals surface area contributed by atoms with E-state index >= 15 is 0 Å². The predicted octanol–water partition coefficient (Wildman–Crippen LogP) is 5.07. The quantitative estimate of drug-likeness (QED) is 0.392. The molecule has 0 amide bonds. The van der Waals surface area contributed by atoms with Crippen LogP contribution in [-0.2, 0) is 0 Å². The number of hydrogen-bond donors (Lipinski definition) is 1. The lowest BCUT2D eigenvalue weighted by Crippen LogP contribution is -1.91. The monoisotopic (exact) mass is 263 g/mol. The van der Waals surface area contributed by atoms with Crippen LogP contribution >= 0.6 is 0 Å². The fourth-order valence-electron chi connectivity index (χ4n) is 2.43. The van der Waals surface area contributed by atoms with E-state index in [4.69, 9.17) is 5.73 Å². The molecule has 0 heterocycles. The lowest BCUT2D eigenvalue weighted by molar-refractivity contribution is 0.780. The van der Waals surface area contributed by atoms with Gasteiger partial charge in [-0.3, -0.25) is 0 Å². The van der Waals surface area contributed by atoms with Gasteiger partial charge in [-0.1, -0.05) is 48.5 Å². The Bertz CT molecular complexity index is 804. The first kappa shape index (κ1) is 12.6. The summed E-state index contributed by atoms with van der Waals surface area (Å²) in [4.78, 5) is 0. The maximum Gasteiger partial charge on any atom is 0.117 e. The smallest absolute Gasteiger partial charge is 0.117 e. The molecule has 0 bridgehead atoms. The van der Waals surface area contributed by atoms with Crippen molar-refractivity contribution in [2.75, 3.05) is 5.73 Å². The van der Waals surface area contributed by atoms with E-state index in [9.17, 15) is 0 Å². The van der Waals surface area contributed by atoms with E-state index in [1.54, 1.807) is 0 Å². The van der Waals surface area contributed by atoms with Gasteiger partial charge in [0.25, 0.3) is 0 Å². The zero-order valence-corrected chi connectivity index (χ0v) is 11.7. The minimum atomic E-state index is 0.152. The van der Waals surface area contributed by atoms with Crippen molar-refractivity contribution in [1.29, 1.82) is 0 Å². The fraction of sp³-hybridized carbons (Fsp3) is 0.176. The summed E-state index contributed by atoms with van der Waals surface area (Å²) in [6.07, 6.45) is 0. The Morgan fingerprint density at radius 2 is 1.30 bits per heavy atom. The molecule has 3 heteroatoms. The lowest BCUT2D eigenvalue weighted by Gasteiger charge is -2.11. The van der Waals surface area contributed by atoms with Crippen molar-refractivity contribution in [2.24, 2.45) is 10.2 Å². The van der Waals surface area contributed by atoms with Gasteiger partial charge in [-0.05, 0) is 24.6 Å². The number of hydrogen-bond acceptors (Lipinski definition) is 3. The highest BCUT2D eigenvalue weighted by Gasteiger charge is 2.11. The van der Waals surface area contributed by atoms with Gasteiger partial charge in [0.15, 0.2) is 0 Å². The zero-order chi connectivity index (χ0) is 14.1. The molecule has 0 aromatic heterocycles. The van der Waals surface area contributed by atoms with Gasteiger partial charge in [0.05, 0.1) is 11.7 Å². The summed E-state index contributed by atoms with van der Waals surface area (Å²) < 4.78 is 0. The number of benzene rings is 3. The summed E-state index contributed by atoms with van der Waals surface area (Å²) in [6, 6.07) is 16.5. The summed E-state index contributed by atoms with van der Waals surface area (Å²) in [5, 5.41) is 13.0. The molecule has 0 aliphatic heterocycles. The molecular weight excluding hydrogens is 246 g/mol. The third-order valence-corrected chi connectivity index (χ3v) is 3.33. The first-order chi connectivity index (χ1) is 9.68. The van der Waals surface area contributed by atoms with E-state index in [0.29, 0.717) is 5.69 Å². The SMILES string of the molecule is CC(C)N=Nc1c(N)c2ccccc2c2ccccc12. The van der Waals surface area contributed by atoms with Crippen molar-refractivity contribution in [2.45, 2.75) is 19.9 Å². The average Bonchev–Trinajstić information content (AvgIpc) is 2.47. The summed E-state index contributed by atoms with van der Waals surface area (Å²) in [5.41, 5.74) is 7.79. The van der Waals surface area contributed by atoms with Crippen LogP contribution in [0.1, 0.15) is 13.8 Å². The highest BCUT2D eigenvalue weighted by atomic mass is 15.1. The zero-order valence-electron chi connectivity index (χ0n) is 11.7. The van der Waals surface area contributed by atoms with Crippen molar-refractivity contribution in [3.05, 3.63) is 48.5 Å². The molecule has 0 unspecified atom stereocenters. The van der Waals surface area contributed by atoms with E-state index in [1.807, 2.05) is 50.2 Å². The molecule has 0 radical (unpaired) electrons. The molecule has 0 spiro atoms. The van der Waals surface area contributed by atoms with Crippen LogP contribution in [0.25, 0.3) is 21.5 Å². The van der Waals surface area contributed by atoms with E-state index in [0.717, 1.165) is 27.2 Å². The van der Waals surface area contributed by atoms with Gasteiger partial charge in [-0.2, -0.15) is 10.2 Å². The van der Waals surface area contributed by atoms with Crippen LogP contribution in [-0.4, -0.2) is 6.04 Å². The van der Waals surface area contributed by atoms with E-state index in [-0.39, 0.29) is 6.04 Å². The summed E-state index contributed by atoms with van der Waals surface area (Å²) in [7, 11) is 0. The van der Waals surface area contributed by atoms with Gasteiger partial charge in [0, 0.05) is 10.8 Å². The van der Waals surface area contributed by atoms with Gasteiger partial charge < -0.3 is 5.73 Å². The second-order valence-electron chi connectivity index (χ2n) is 5.16.